The van der Waals surface area contributed by atoms with Crippen molar-refractivity contribution in [3.8, 4) is 0 Å². The topological polar surface area (TPSA) is 43.1 Å². The van der Waals surface area contributed by atoms with Gasteiger partial charge in [-0.25, -0.2) is 8.78 Å². The van der Waals surface area contributed by atoms with Gasteiger partial charge in [0.25, 0.3) is 0 Å². The van der Waals surface area contributed by atoms with E-state index in [9.17, 15) is 13.6 Å². The second-order valence-electron chi connectivity index (χ2n) is 4.13. The second-order valence-corrected chi connectivity index (χ2v) is 4.13. The summed E-state index contributed by atoms with van der Waals surface area (Å²) in [7, 11) is 0. The van der Waals surface area contributed by atoms with Crippen molar-refractivity contribution >= 4 is 5.78 Å². The van der Waals surface area contributed by atoms with E-state index in [1.807, 2.05) is 13.8 Å². The third kappa shape index (κ3) is 2.85. The van der Waals surface area contributed by atoms with Gasteiger partial charge in [0, 0.05) is 6.42 Å². The third-order valence-electron chi connectivity index (χ3n) is 2.49. The highest BCUT2D eigenvalue weighted by Gasteiger charge is 2.19. The Bertz CT molecular complexity index is 391. The molecule has 1 aromatic rings. The summed E-state index contributed by atoms with van der Waals surface area (Å²) in [5.41, 5.74) is 5.69. The highest BCUT2D eigenvalue weighted by Crippen LogP contribution is 2.13. The smallest absolute Gasteiger partial charge is 0.162 e. The number of ketones is 1. The molecular formula is C12H15F2NO. The van der Waals surface area contributed by atoms with Gasteiger partial charge in [0.2, 0.25) is 0 Å². The molecular weight excluding hydrogens is 212 g/mol. The second kappa shape index (κ2) is 5.16. The van der Waals surface area contributed by atoms with Gasteiger partial charge >= 0.3 is 0 Å². The molecule has 0 aliphatic carbocycles. The predicted octanol–water partition coefficient (Wildman–Crippen LogP) is 2.06. The Morgan fingerprint density at radius 1 is 1.38 bits per heavy atom. The van der Waals surface area contributed by atoms with Gasteiger partial charge < -0.3 is 5.73 Å². The number of nitrogens with two attached hydrogens (primary N) is 1. The van der Waals surface area contributed by atoms with Gasteiger partial charge in [-0.3, -0.25) is 4.79 Å². The summed E-state index contributed by atoms with van der Waals surface area (Å²) in [5, 5.41) is 0. The minimum Gasteiger partial charge on any atom is -0.321 e. The number of Topliss-reactive ketones (excluding diaryl/α,β-unsaturated/α-hetero) is 1. The molecule has 1 unspecified atom stereocenters. The molecule has 88 valence electrons. The van der Waals surface area contributed by atoms with E-state index in [1.54, 1.807) is 0 Å². The summed E-state index contributed by atoms with van der Waals surface area (Å²) in [6.07, 6.45) is -0.164. The molecule has 0 aliphatic rings. The van der Waals surface area contributed by atoms with Crippen molar-refractivity contribution in [2.24, 2.45) is 11.7 Å². The third-order valence-corrected chi connectivity index (χ3v) is 2.49. The number of hydrogen-bond acceptors (Lipinski definition) is 2. The molecule has 2 N–H and O–H groups in total. The van der Waals surface area contributed by atoms with E-state index in [2.05, 4.69) is 0 Å². The first kappa shape index (κ1) is 12.8. The summed E-state index contributed by atoms with van der Waals surface area (Å²) in [6, 6.07) is 3.15. The lowest BCUT2D eigenvalue weighted by Crippen LogP contribution is -2.36. The number of hydrogen-bond donors (Lipinski definition) is 1. The van der Waals surface area contributed by atoms with Crippen molar-refractivity contribution in [1.29, 1.82) is 0 Å². The van der Waals surface area contributed by atoms with E-state index in [-0.39, 0.29) is 23.7 Å². The van der Waals surface area contributed by atoms with Crippen molar-refractivity contribution in [2.45, 2.75) is 26.3 Å². The van der Waals surface area contributed by atoms with Crippen LogP contribution in [0.2, 0.25) is 0 Å². The van der Waals surface area contributed by atoms with Gasteiger partial charge in [0.05, 0.1) is 6.04 Å². The number of benzene rings is 1. The first-order valence-corrected chi connectivity index (χ1v) is 5.14. The van der Waals surface area contributed by atoms with Crippen LogP contribution in [0.25, 0.3) is 0 Å². The van der Waals surface area contributed by atoms with Crippen LogP contribution < -0.4 is 5.73 Å². The normalized spacial score (nSPS) is 12.9. The van der Waals surface area contributed by atoms with E-state index in [4.69, 9.17) is 5.73 Å². The molecule has 0 aromatic heterocycles. The summed E-state index contributed by atoms with van der Waals surface area (Å²) in [5.74, 6) is -2.20. The van der Waals surface area contributed by atoms with Crippen LogP contribution in [0.1, 0.15) is 19.4 Å². The summed E-state index contributed by atoms with van der Waals surface area (Å²) < 4.78 is 26.1. The zero-order valence-electron chi connectivity index (χ0n) is 9.34. The Balaban J connectivity index is 2.81. The Kier molecular flexibility index (Phi) is 4.12. The molecule has 1 rings (SSSR count). The zero-order valence-corrected chi connectivity index (χ0v) is 9.34. The largest absolute Gasteiger partial charge is 0.321 e. The maximum absolute atomic E-state index is 13.3. The van der Waals surface area contributed by atoms with Crippen LogP contribution in [0.15, 0.2) is 18.2 Å². The zero-order chi connectivity index (χ0) is 12.3. The van der Waals surface area contributed by atoms with Crippen molar-refractivity contribution in [3.05, 3.63) is 35.4 Å². The summed E-state index contributed by atoms with van der Waals surface area (Å²) in [6.45, 7) is 3.62. The number of carbonyl (C=O) groups excluding carboxylic acids is 1. The Morgan fingerprint density at radius 3 is 2.56 bits per heavy atom. The minimum absolute atomic E-state index is 0.0101. The van der Waals surface area contributed by atoms with Gasteiger partial charge in [-0.15, -0.1) is 0 Å². The lowest BCUT2D eigenvalue weighted by Gasteiger charge is -2.14. The SMILES string of the molecule is CC(C)C(N)C(=O)Cc1cccc(F)c1F. The summed E-state index contributed by atoms with van der Waals surface area (Å²) >= 11 is 0. The molecule has 1 atom stereocenters. The first-order valence-electron chi connectivity index (χ1n) is 5.14. The number of halogens is 2. The van der Waals surface area contributed by atoms with Gasteiger partial charge in [0.1, 0.15) is 0 Å². The van der Waals surface area contributed by atoms with E-state index in [0.717, 1.165) is 6.07 Å². The van der Waals surface area contributed by atoms with Gasteiger partial charge in [-0.1, -0.05) is 26.0 Å². The molecule has 2 nitrogen and oxygen atoms in total. The van der Waals surface area contributed by atoms with Crippen molar-refractivity contribution in [3.63, 3.8) is 0 Å². The molecule has 0 amide bonds. The van der Waals surface area contributed by atoms with Crippen LogP contribution in [-0.4, -0.2) is 11.8 Å². The lowest BCUT2D eigenvalue weighted by molar-refractivity contribution is -0.120. The molecule has 0 spiro atoms. The molecule has 0 bridgehead atoms. The van der Waals surface area contributed by atoms with E-state index in [0.29, 0.717) is 0 Å². The Labute approximate surface area is 93.5 Å². The first-order chi connectivity index (χ1) is 7.43. The number of carbonyl (C=O) groups is 1. The Hall–Kier alpha value is -1.29. The lowest BCUT2D eigenvalue weighted by atomic mass is 9.96. The molecule has 0 heterocycles. The van der Waals surface area contributed by atoms with E-state index < -0.39 is 17.7 Å². The van der Waals surface area contributed by atoms with Crippen molar-refractivity contribution < 1.29 is 13.6 Å². The minimum atomic E-state index is -0.966. The number of rotatable bonds is 4. The van der Waals surface area contributed by atoms with Crippen LogP contribution in [0, 0.1) is 17.6 Å². The average molecular weight is 227 g/mol. The molecule has 0 radical (unpaired) electrons. The van der Waals surface area contributed by atoms with Crippen LogP contribution in [0.5, 0.6) is 0 Å². The maximum atomic E-state index is 13.3. The molecule has 0 saturated heterocycles. The maximum Gasteiger partial charge on any atom is 0.162 e. The highest BCUT2D eigenvalue weighted by atomic mass is 19.2. The van der Waals surface area contributed by atoms with Gasteiger partial charge in [0.15, 0.2) is 17.4 Å². The van der Waals surface area contributed by atoms with Crippen LogP contribution in [0.4, 0.5) is 8.78 Å². The molecule has 0 fully saturated rings. The average Bonchev–Trinajstić information content (AvgIpc) is 2.23. The fourth-order valence-corrected chi connectivity index (χ4v) is 1.36. The quantitative estimate of drug-likeness (QED) is 0.855. The molecule has 16 heavy (non-hydrogen) atoms. The monoisotopic (exact) mass is 227 g/mol. The predicted molar refractivity (Wildman–Crippen MR) is 57.9 cm³/mol. The van der Waals surface area contributed by atoms with Crippen molar-refractivity contribution in [1.82, 2.24) is 0 Å². The Morgan fingerprint density at radius 2 is 2.00 bits per heavy atom. The van der Waals surface area contributed by atoms with E-state index >= 15 is 0 Å². The van der Waals surface area contributed by atoms with Crippen LogP contribution in [0.3, 0.4) is 0 Å². The van der Waals surface area contributed by atoms with Crippen molar-refractivity contribution in [2.75, 3.05) is 0 Å². The van der Waals surface area contributed by atoms with Gasteiger partial charge in [-0.2, -0.15) is 0 Å². The fraction of sp³-hybridized carbons (Fsp3) is 0.417. The van der Waals surface area contributed by atoms with Crippen LogP contribution in [-0.2, 0) is 11.2 Å². The molecule has 0 aliphatic heterocycles. The highest BCUT2D eigenvalue weighted by molar-refractivity contribution is 5.86. The van der Waals surface area contributed by atoms with E-state index in [1.165, 1.54) is 12.1 Å². The van der Waals surface area contributed by atoms with Gasteiger partial charge in [-0.05, 0) is 17.5 Å². The van der Waals surface area contributed by atoms with Crippen LogP contribution >= 0.6 is 0 Å². The molecule has 1 aromatic carbocycles. The standard InChI is InChI=1S/C12H15F2NO/c1-7(2)12(15)10(16)6-8-4-3-5-9(13)11(8)14/h3-5,7,12H,6,15H2,1-2H3. The molecule has 0 saturated carbocycles. The fourth-order valence-electron chi connectivity index (χ4n) is 1.36. The molecule has 4 heteroatoms. The summed E-state index contributed by atoms with van der Waals surface area (Å²) in [4.78, 5) is 11.6.